The summed E-state index contributed by atoms with van der Waals surface area (Å²) in [6, 6.07) is 0.805. The van der Waals surface area contributed by atoms with Crippen LogP contribution in [0.4, 0.5) is 0 Å². The van der Waals surface area contributed by atoms with Crippen molar-refractivity contribution in [1.29, 1.82) is 0 Å². The molecule has 0 amide bonds. The molecule has 0 heterocycles. The number of hydrogen-bond acceptors (Lipinski definition) is 18. The van der Waals surface area contributed by atoms with E-state index in [0.29, 0.717) is 0 Å². The van der Waals surface area contributed by atoms with Crippen molar-refractivity contribution in [1.82, 2.24) is 0 Å². The van der Waals surface area contributed by atoms with E-state index in [1.165, 1.54) is 0 Å². The van der Waals surface area contributed by atoms with Crippen molar-refractivity contribution in [2.45, 2.75) is 435 Å². The Hall–Kier alpha value is 8.36. The first-order valence-electron chi connectivity index (χ1n) is 39.5. The molecule has 690 valence electrons. The molecule has 111 heavy (non-hydrogen) atoms. The van der Waals surface area contributed by atoms with Crippen LogP contribution in [0.1, 0.15) is 366 Å². The average molecular weight is 2880 g/mol. The molecule has 0 spiro atoms. The van der Waals surface area contributed by atoms with E-state index in [-0.39, 0.29) is 387 Å². The first-order valence-corrected chi connectivity index (χ1v) is 39.5. The summed E-state index contributed by atoms with van der Waals surface area (Å²) < 4.78 is 0. The summed E-state index contributed by atoms with van der Waals surface area (Å²) in [5.41, 5.74) is 1.43. The fourth-order valence-corrected chi connectivity index (χ4v) is 10.2. The second-order valence-corrected chi connectivity index (χ2v) is 29.6. The first kappa shape index (κ1) is 163. The van der Waals surface area contributed by atoms with Gasteiger partial charge in [-0.25, -0.2) is 0 Å². The molecule has 0 aliphatic carbocycles. The normalized spacial score (nSPS) is 15.5. The van der Waals surface area contributed by atoms with Crippen LogP contribution in [-0.4, -0.2) is 207 Å². The summed E-state index contributed by atoms with van der Waals surface area (Å²) in [6.07, 6.45) is 12.0. The SMILES string of the molecule is CCC(C)(O)C(C)=NC.CCC(C)(O)C(C)=NC(C)C.CCC(O)(CC)C(C)=NC.CCC(O)(CC)C(C)=NC(C)C.CCCC(O)(C(C)=NC(C)C)C(C)C.CCCC(O)(C(C)=NC)C(C)C.CCCC(O)(C(C)=NCC)C(C)C.CCN=C(C)C(C)(O)CC.CCN=C(C)C(O)(CC)CC.[Gd].[Gd].[Gd].[Tb].[Tb].[Tb].[Tb].[Tb].[Tb]. The van der Waals surface area contributed by atoms with Gasteiger partial charge in [-0.05, 0) is 240 Å². The maximum atomic E-state index is 10.5. The second kappa shape index (κ2) is 90.3. The minimum Gasteiger partial charge on any atom is -0.384 e. The number of aliphatic imine (C=N–C) groups is 9. The predicted octanol–water partition coefficient (Wildman–Crippen LogP) is 18.9. The third-order valence-electron chi connectivity index (χ3n) is 20.1. The van der Waals surface area contributed by atoms with Gasteiger partial charge in [0.25, 0.3) is 0 Å². The topological polar surface area (TPSA) is 293 Å². The Balaban J connectivity index is -0.0000000544. The zero-order valence-electron chi connectivity index (χ0n) is 78.3. The molecule has 0 rings (SSSR count). The summed E-state index contributed by atoms with van der Waals surface area (Å²) >= 11 is 0. The van der Waals surface area contributed by atoms with Crippen LogP contribution in [0.2, 0.25) is 0 Å². The van der Waals surface area contributed by atoms with Gasteiger partial charge in [-0.3, -0.25) is 44.9 Å². The molecule has 18 nitrogen and oxygen atoms in total. The van der Waals surface area contributed by atoms with Gasteiger partial charge in [-0.2, -0.15) is 0 Å². The zero-order chi connectivity index (χ0) is 83.3. The van der Waals surface area contributed by atoms with E-state index >= 15 is 0 Å². The van der Waals surface area contributed by atoms with Crippen LogP contribution in [-0.2, 0) is 0 Å². The van der Waals surface area contributed by atoms with Gasteiger partial charge >= 0.3 is 0 Å². The van der Waals surface area contributed by atoms with Crippen LogP contribution in [0, 0.1) is 369 Å². The summed E-state index contributed by atoms with van der Waals surface area (Å²) in [7, 11) is 5.14. The fraction of sp³-hybridized carbons (Fsp3) is 0.893. The Morgan fingerprint density at radius 1 is 0.252 bits per heavy atom. The third-order valence-corrected chi connectivity index (χ3v) is 20.1. The van der Waals surface area contributed by atoms with Crippen LogP contribution in [0.25, 0.3) is 0 Å². The molecule has 0 bridgehead atoms. The molecular weight excluding hydrogens is 2700 g/mol. The van der Waals surface area contributed by atoms with Crippen LogP contribution in [0.3, 0.4) is 0 Å². The molecule has 0 aromatic carbocycles. The predicted molar refractivity (Wildman–Crippen MR) is 456 cm³/mol. The monoisotopic (exact) mass is 2880 g/mol. The Morgan fingerprint density at radius 3 is 0.658 bits per heavy atom. The summed E-state index contributed by atoms with van der Waals surface area (Å²) in [5.74, 6) is 0.703. The maximum absolute atomic E-state index is 10.5. The largest absolute Gasteiger partial charge is 0.384 e. The zero-order valence-corrected chi connectivity index (χ0v) is 97.9. The molecule has 0 fully saturated rings. The molecule has 0 saturated carbocycles. The molecule has 0 aromatic heterocycles. The van der Waals surface area contributed by atoms with Gasteiger partial charge in [0, 0.05) is 462 Å². The minimum absolute atomic E-state index is 0. The van der Waals surface area contributed by atoms with Gasteiger partial charge in [-0.15, -0.1) is 0 Å². The van der Waals surface area contributed by atoms with Crippen molar-refractivity contribution >= 4 is 51.4 Å². The molecule has 9 N–H and O–H groups in total. The van der Waals surface area contributed by atoms with Gasteiger partial charge in [0.2, 0.25) is 0 Å². The van der Waals surface area contributed by atoms with Crippen molar-refractivity contribution in [2.24, 2.45) is 62.7 Å². The number of aliphatic hydroxyl groups is 9. The van der Waals surface area contributed by atoms with E-state index in [2.05, 4.69) is 79.6 Å². The van der Waals surface area contributed by atoms with Crippen LogP contribution in [0.5, 0.6) is 0 Å². The molecular formula is C84H177Gd3N9O9Tb6. The standard InChI is InChI=1S/C12H25NO.C11H23NO.2C10H21NO.2C9H19NO.2C8H17NO.C7H15NO.3Gd.6Tb/c1-7-8-12(14,9(2)3)11(6)13-10(4)5;1-6-8-11(13,9(3)4)10(5)12-7-2;1-6-7-10(12,8(2)3)9(4)11-5;1-6-10(12,7-2)9(5)11-8(3)4;1-6-9(5,11)8(4)10-7(2)3;1-5-9(11,6-2)8(4)10-7-3;1-5-8(10,6-2)7(3)9-4;1-5-8(4,10)7(3)9-6-2;1-5-7(3,9)6(2)8-4;;;;;;;;;/h9-10,14H,7-8H2,1-6H3;9,13H,6-8H2,1-5H3;2*8,12H,6-7H2,1-5H3;7,11H,6H2,1-5H3;11H,5-7H2,1-4H3;2*10H,5-6H2,1-4H3;9H,5H2,1-4H3;;;;;;;;;. The van der Waals surface area contributed by atoms with Crippen molar-refractivity contribution in [2.75, 3.05) is 40.8 Å². The van der Waals surface area contributed by atoms with Gasteiger partial charge < -0.3 is 46.0 Å². The number of nitrogens with zero attached hydrogens (tertiary/aromatic N) is 9. The second-order valence-electron chi connectivity index (χ2n) is 29.6. The van der Waals surface area contributed by atoms with Crippen LogP contribution < -0.4 is 0 Å². The van der Waals surface area contributed by atoms with Crippen molar-refractivity contribution < 1.29 is 397 Å². The van der Waals surface area contributed by atoms with Crippen molar-refractivity contribution in [3.05, 3.63) is 0 Å². The quantitative estimate of drug-likeness (QED) is 0.0282. The molecule has 6 atom stereocenters. The Bertz CT molecular complexity index is 2420. The molecule has 0 saturated heterocycles. The van der Waals surface area contributed by atoms with Gasteiger partial charge in [0.1, 0.15) is 33.6 Å². The smallest absolute Gasteiger partial charge is 0.104 e. The average Bonchev–Trinajstić information content (AvgIpc) is 0.830. The van der Waals surface area contributed by atoms with E-state index in [0.717, 1.165) is 167 Å². The van der Waals surface area contributed by atoms with Gasteiger partial charge in [-0.1, -0.05) is 144 Å². The molecule has 0 aliphatic rings. The van der Waals surface area contributed by atoms with Crippen molar-refractivity contribution in [3.63, 3.8) is 0 Å². The van der Waals surface area contributed by atoms with Crippen LogP contribution >= 0.6 is 0 Å². The summed E-state index contributed by atoms with van der Waals surface area (Å²) in [6.45, 7) is 79.0. The fourth-order valence-electron chi connectivity index (χ4n) is 10.2. The molecule has 6 radical (unpaired) electrons. The molecule has 6 unspecified atom stereocenters. The van der Waals surface area contributed by atoms with E-state index in [1.54, 1.807) is 41.9 Å². The van der Waals surface area contributed by atoms with Gasteiger partial charge in [0.15, 0.2) is 0 Å². The van der Waals surface area contributed by atoms with E-state index in [1.807, 2.05) is 215 Å². The minimum atomic E-state index is -0.718. The third kappa shape index (κ3) is 74.8. The molecule has 0 aliphatic heterocycles. The number of hydrogen-bond donors (Lipinski definition) is 9. The van der Waals surface area contributed by atoms with Gasteiger partial charge in [0.05, 0.1) is 16.8 Å². The first-order chi connectivity index (χ1) is 46.5. The van der Waals surface area contributed by atoms with E-state index < -0.39 is 50.4 Å². The molecule has 27 heteroatoms. The van der Waals surface area contributed by atoms with Crippen molar-refractivity contribution in [3.8, 4) is 0 Å². The van der Waals surface area contributed by atoms with E-state index in [4.69, 9.17) is 0 Å². The summed E-state index contributed by atoms with van der Waals surface area (Å²) in [5, 5.41) is 89.5. The Labute approximate surface area is 968 Å². The summed E-state index contributed by atoms with van der Waals surface area (Å²) in [4.78, 5) is 37.7. The maximum Gasteiger partial charge on any atom is 0.104 e. The van der Waals surface area contributed by atoms with Crippen LogP contribution in [0.15, 0.2) is 44.9 Å². The number of rotatable bonds is 33. The molecule has 0 aromatic rings. The Kier molecular flexibility index (Phi) is 132. The Morgan fingerprint density at radius 2 is 0.450 bits per heavy atom. The van der Waals surface area contributed by atoms with E-state index in [9.17, 15) is 46.0 Å².